The minimum absolute atomic E-state index is 0.112. The van der Waals surface area contributed by atoms with Crippen molar-refractivity contribution in [1.29, 1.82) is 0 Å². The van der Waals surface area contributed by atoms with Gasteiger partial charge in [-0.25, -0.2) is 0 Å². The van der Waals surface area contributed by atoms with Crippen LogP contribution in [0.3, 0.4) is 0 Å². The van der Waals surface area contributed by atoms with Crippen molar-refractivity contribution in [1.82, 2.24) is 0 Å². The van der Waals surface area contributed by atoms with Crippen molar-refractivity contribution in [3.63, 3.8) is 0 Å². The predicted octanol–water partition coefficient (Wildman–Crippen LogP) is 16.2. The van der Waals surface area contributed by atoms with Crippen molar-refractivity contribution < 1.29 is 0 Å². The Balaban J connectivity index is 1.26. The lowest BCUT2D eigenvalue weighted by Gasteiger charge is -2.45. The van der Waals surface area contributed by atoms with Gasteiger partial charge in [0.05, 0.1) is 0 Å². The van der Waals surface area contributed by atoms with Crippen LogP contribution >= 0.6 is 0 Å². The number of rotatable bonds is 18. The molecule has 0 bridgehead atoms. The van der Waals surface area contributed by atoms with E-state index in [0.29, 0.717) is 17.8 Å². The number of fused-ring (bicyclic) bond motifs is 6. The first kappa shape index (κ1) is 44.8. The second kappa shape index (κ2) is 18.9. The fourth-order valence-corrected chi connectivity index (χ4v) is 12.3. The fraction of sp³-hybridized carbons (Fsp3) is 0.429. The average Bonchev–Trinajstić information content (AvgIpc) is 3.31. The van der Waals surface area contributed by atoms with E-state index in [-0.39, 0.29) is 6.71 Å². The van der Waals surface area contributed by atoms with E-state index < -0.39 is 0 Å². The minimum Gasteiger partial charge on any atom is -0.311 e. The molecule has 2 nitrogen and oxygen atoms in total. The Kier molecular flexibility index (Phi) is 12.9. The van der Waals surface area contributed by atoms with E-state index in [1.54, 1.807) is 27.8 Å². The maximum absolute atomic E-state index is 2.74. The molecule has 0 saturated carbocycles. The molecule has 0 spiro atoms. The van der Waals surface area contributed by atoms with Gasteiger partial charge in [-0.2, -0.15) is 0 Å². The van der Waals surface area contributed by atoms with Crippen LogP contribution in [0.15, 0.2) is 97.1 Å². The number of unbranched alkanes of at least 4 members (excludes halogenated alkanes) is 4. The third kappa shape index (κ3) is 8.05. The van der Waals surface area contributed by atoms with Gasteiger partial charge in [0.2, 0.25) is 0 Å². The van der Waals surface area contributed by atoms with Gasteiger partial charge in [-0.05, 0) is 203 Å². The van der Waals surface area contributed by atoms with E-state index in [2.05, 4.69) is 162 Å². The quantitative estimate of drug-likeness (QED) is 0.0626. The first-order valence-corrected chi connectivity index (χ1v) is 26.6. The van der Waals surface area contributed by atoms with Crippen molar-refractivity contribution >= 4 is 57.2 Å². The summed E-state index contributed by atoms with van der Waals surface area (Å²) in [6, 6.07) is 40.3. The molecule has 66 heavy (non-hydrogen) atoms. The molecule has 6 aromatic rings. The highest BCUT2D eigenvalue weighted by Gasteiger charge is 2.44. The van der Waals surface area contributed by atoms with Gasteiger partial charge in [-0.1, -0.05) is 148 Å². The van der Waals surface area contributed by atoms with Crippen LogP contribution in [0.4, 0.5) is 34.1 Å². The Morgan fingerprint density at radius 3 is 1.74 bits per heavy atom. The Morgan fingerprint density at radius 2 is 1.09 bits per heavy atom. The molecule has 3 heteroatoms. The Hall–Kier alpha value is -5.02. The number of benzene rings is 6. The molecule has 2 aliphatic carbocycles. The van der Waals surface area contributed by atoms with Crippen molar-refractivity contribution in [3.05, 3.63) is 147 Å². The molecule has 0 amide bonds. The van der Waals surface area contributed by atoms with Gasteiger partial charge in [-0.15, -0.1) is 0 Å². The van der Waals surface area contributed by atoms with Gasteiger partial charge >= 0.3 is 0 Å². The lowest BCUT2D eigenvalue weighted by Crippen LogP contribution is -2.61. The molecule has 0 fully saturated rings. The number of nitrogens with zero attached hydrogens (tertiary/aromatic N) is 2. The van der Waals surface area contributed by atoms with E-state index in [1.165, 1.54) is 180 Å². The second-order valence-electron chi connectivity index (χ2n) is 21.2. The van der Waals surface area contributed by atoms with Crippen LogP contribution in [-0.2, 0) is 32.1 Å². The number of anilines is 6. The normalized spacial score (nSPS) is 15.5. The molecule has 3 unspecified atom stereocenters. The molecule has 10 rings (SSSR count). The maximum atomic E-state index is 2.74. The van der Waals surface area contributed by atoms with Crippen LogP contribution in [0.1, 0.15) is 187 Å². The monoisotopic (exact) mass is 871 g/mol. The summed E-state index contributed by atoms with van der Waals surface area (Å²) >= 11 is 0. The number of hydrogen-bond donors (Lipinski definition) is 0. The largest absolute Gasteiger partial charge is 0.311 e. The lowest BCUT2D eigenvalue weighted by molar-refractivity contribution is 0.598. The average molecular weight is 871 g/mol. The van der Waals surface area contributed by atoms with Crippen LogP contribution in [0.25, 0.3) is 11.1 Å². The molecule has 2 aliphatic heterocycles. The number of aryl methyl sites for hydroxylation is 4. The third-order valence-electron chi connectivity index (χ3n) is 16.4. The zero-order valence-corrected chi connectivity index (χ0v) is 41.8. The number of hydrogen-bond acceptors (Lipinski definition) is 2. The van der Waals surface area contributed by atoms with E-state index in [4.69, 9.17) is 0 Å². The van der Waals surface area contributed by atoms with Crippen molar-refractivity contribution in [3.8, 4) is 11.1 Å². The molecule has 3 atom stereocenters. The zero-order valence-electron chi connectivity index (χ0n) is 41.8. The first-order valence-electron chi connectivity index (χ1n) is 26.6. The zero-order chi connectivity index (χ0) is 45.6. The van der Waals surface area contributed by atoms with E-state index in [9.17, 15) is 0 Å². The van der Waals surface area contributed by atoms with Gasteiger partial charge < -0.3 is 9.80 Å². The molecule has 0 N–H and O–H groups in total. The standard InChI is InChI=1S/C63H75BN2/c1-9-13-16-19-43(7)46-22-27-52(28-23-46)65-58-31-21-41(5)33-56(58)64-57-38-47(44(8)18-14-10-2)26-32-59(57)66(53-35-45(20-15-11-3)34-50(37-53)42(6)17-12-4)61-40-51(39-60(65)63(61)64)62-54-29-24-48(54)36-49-25-30-55(49)62/h21-23,26-28,31-40,42-44H,9-20,24-25,29-30H2,1-8H3. The van der Waals surface area contributed by atoms with Crippen molar-refractivity contribution in [2.24, 2.45) is 0 Å². The predicted molar refractivity (Wildman–Crippen MR) is 288 cm³/mol. The van der Waals surface area contributed by atoms with Gasteiger partial charge in [0.1, 0.15) is 0 Å². The molecular formula is C63H75BN2. The van der Waals surface area contributed by atoms with E-state index in [1.807, 2.05) is 0 Å². The van der Waals surface area contributed by atoms with Gasteiger partial charge in [-0.3, -0.25) is 0 Å². The summed E-state index contributed by atoms with van der Waals surface area (Å²) in [7, 11) is 0. The molecule has 6 aromatic carbocycles. The van der Waals surface area contributed by atoms with Gasteiger partial charge in [0.25, 0.3) is 6.71 Å². The third-order valence-corrected chi connectivity index (χ3v) is 16.4. The van der Waals surface area contributed by atoms with Crippen LogP contribution in [-0.4, -0.2) is 6.71 Å². The summed E-state index contributed by atoms with van der Waals surface area (Å²) in [6.07, 6.45) is 19.5. The maximum Gasteiger partial charge on any atom is 0.252 e. The smallest absolute Gasteiger partial charge is 0.252 e. The molecule has 4 aliphatic rings. The molecule has 2 heterocycles. The summed E-state index contributed by atoms with van der Waals surface area (Å²) in [4.78, 5) is 5.41. The summed E-state index contributed by atoms with van der Waals surface area (Å²) in [6.45, 7) is 19.1. The highest BCUT2D eigenvalue weighted by Crippen LogP contribution is 2.50. The Bertz CT molecular complexity index is 2710. The summed E-state index contributed by atoms with van der Waals surface area (Å²) in [5.74, 6) is 1.55. The molecule has 0 aromatic heterocycles. The molecular weight excluding hydrogens is 796 g/mol. The van der Waals surface area contributed by atoms with Crippen LogP contribution in [0.2, 0.25) is 0 Å². The van der Waals surface area contributed by atoms with E-state index in [0.717, 1.165) is 6.42 Å². The summed E-state index contributed by atoms with van der Waals surface area (Å²) in [5, 5.41) is 0. The van der Waals surface area contributed by atoms with Crippen molar-refractivity contribution in [2.75, 3.05) is 9.80 Å². The van der Waals surface area contributed by atoms with Crippen LogP contribution in [0, 0.1) is 6.92 Å². The van der Waals surface area contributed by atoms with Crippen LogP contribution < -0.4 is 26.2 Å². The Morgan fingerprint density at radius 1 is 0.485 bits per heavy atom. The minimum atomic E-state index is 0.112. The van der Waals surface area contributed by atoms with Crippen LogP contribution in [0.5, 0.6) is 0 Å². The second-order valence-corrected chi connectivity index (χ2v) is 21.2. The Labute approximate surface area is 399 Å². The summed E-state index contributed by atoms with van der Waals surface area (Å²) in [5.41, 5.74) is 28.8. The molecule has 0 saturated heterocycles. The van der Waals surface area contributed by atoms with E-state index >= 15 is 0 Å². The summed E-state index contributed by atoms with van der Waals surface area (Å²) < 4.78 is 0. The van der Waals surface area contributed by atoms with Gasteiger partial charge in [0, 0.05) is 34.1 Å². The molecule has 340 valence electrons. The highest BCUT2D eigenvalue weighted by molar-refractivity contribution is 7.00. The molecule has 0 radical (unpaired) electrons. The lowest BCUT2D eigenvalue weighted by atomic mass is 9.33. The first-order chi connectivity index (χ1) is 32.2. The van der Waals surface area contributed by atoms with Crippen molar-refractivity contribution in [2.45, 2.75) is 176 Å². The SMILES string of the molecule is CCCCCC(C)c1ccc(N2c3ccc(C)cc3B3c4cc(C(C)CCCC)ccc4N(c4cc(CCCC)cc(C(C)CCC)c4)c4cc(-c5c6c(cc7c5CC7)CC6)cc2c43)cc1. The highest BCUT2D eigenvalue weighted by atomic mass is 15.2. The van der Waals surface area contributed by atoms with Gasteiger partial charge in [0.15, 0.2) is 0 Å². The fourth-order valence-electron chi connectivity index (χ4n) is 12.3. The topological polar surface area (TPSA) is 6.48 Å².